The first-order valence-electron chi connectivity index (χ1n) is 5.58. The second kappa shape index (κ2) is 5.07. The van der Waals surface area contributed by atoms with Gasteiger partial charge in [0.1, 0.15) is 12.2 Å². The van der Waals surface area contributed by atoms with Gasteiger partial charge in [0.15, 0.2) is 0 Å². The van der Waals surface area contributed by atoms with E-state index in [0.29, 0.717) is 0 Å². The van der Waals surface area contributed by atoms with Gasteiger partial charge in [0.2, 0.25) is 0 Å². The minimum atomic E-state index is -0.0435. The molecule has 0 aliphatic carbocycles. The maximum Gasteiger partial charge on any atom is 0.143 e. The van der Waals surface area contributed by atoms with Crippen LogP contribution in [-0.4, -0.2) is 15.2 Å². The number of rotatable bonds is 4. The summed E-state index contributed by atoms with van der Waals surface area (Å²) in [5.74, 6) is 6.32. The van der Waals surface area contributed by atoms with Crippen molar-refractivity contribution in [1.29, 1.82) is 0 Å². The molecule has 0 spiro atoms. The molecule has 0 fully saturated rings. The average Bonchev–Trinajstić information content (AvgIpc) is 2.84. The summed E-state index contributed by atoms with van der Waals surface area (Å²) >= 11 is 0. The monoisotopic (exact) mass is 231 g/mol. The Labute approximate surface area is 100 Å². The standard InChI is InChI=1S/C12H17N5/c1-8-3-4-9(2)10(5-8)6-11(16-13)12-14-7-15-17-12/h3-5,7,11,16H,6,13H2,1-2H3,(H,14,15,17). The van der Waals surface area contributed by atoms with E-state index in [0.717, 1.165) is 12.2 Å². The molecule has 1 unspecified atom stereocenters. The number of benzene rings is 1. The highest BCUT2D eigenvalue weighted by Crippen LogP contribution is 2.18. The molecular formula is C12H17N5. The summed E-state index contributed by atoms with van der Waals surface area (Å²) < 4.78 is 0. The first-order valence-corrected chi connectivity index (χ1v) is 5.58. The maximum absolute atomic E-state index is 5.56. The van der Waals surface area contributed by atoms with Gasteiger partial charge in [-0.2, -0.15) is 5.10 Å². The molecule has 1 heterocycles. The molecule has 5 heteroatoms. The third-order valence-corrected chi connectivity index (χ3v) is 2.89. The van der Waals surface area contributed by atoms with Crippen LogP contribution in [0, 0.1) is 13.8 Å². The van der Waals surface area contributed by atoms with Gasteiger partial charge in [0, 0.05) is 0 Å². The van der Waals surface area contributed by atoms with Crippen molar-refractivity contribution >= 4 is 0 Å². The summed E-state index contributed by atoms with van der Waals surface area (Å²) in [5.41, 5.74) is 6.54. The van der Waals surface area contributed by atoms with Crippen LogP contribution in [0.2, 0.25) is 0 Å². The van der Waals surface area contributed by atoms with Crippen LogP contribution in [0.5, 0.6) is 0 Å². The maximum atomic E-state index is 5.56. The summed E-state index contributed by atoms with van der Waals surface area (Å²) in [5, 5.41) is 6.68. The zero-order valence-corrected chi connectivity index (χ0v) is 10.1. The number of hydrogen-bond donors (Lipinski definition) is 3. The molecule has 0 amide bonds. The van der Waals surface area contributed by atoms with Crippen molar-refractivity contribution in [2.45, 2.75) is 26.3 Å². The van der Waals surface area contributed by atoms with Crippen molar-refractivity contribution in [1.82, 2.24) is 20.6 Å². The molecule has 1 aromatic carbocycles. The van der Waals surface area contributed by atoms with Crippen molar-refractivity contribution in [2.75, 3.05) is 0 Å². The Morgan fingerprint density at radius 1 is 1.41 bits per heavy atom. The van der Waals surface area contributed by atoms with Crippen molar-refractivity contribution in [3.8, 4) is 0 Å². The fourth-order valence-electron chi connectivity index (χ4n) is 1.86. The molecule has 4 N–H and O–H groups in total. The Morgan fingerprint density at radius 2 is 2.24 bits per heavy atom. The molecule has 0 saturated carbocycles. The number of H-pyrrole nitrogens is 1. The lowest BCUT2D eigenvalue weighted by Gasteiger charge is -2.15. The Kier molecular flexibility index (Phi) is 3.51. The smallest absolute Gasteiger partial charge is 0.143 e. The highest BCUT2D eigenvalue weighted by atomic mass is 15.3. The number of nitrogens with one attached hydrogen (secondary N) is 2. The van der Waals surface area contributed by atoms with E-state index in [2.05, 4.69) is 52.7 Å². The van der Waals surface area contributed by atoms with Crippen LogP contribution < -0.4 is 11.3 Å². The van der Waals surface area contributed by atoms with Crippen molar-refractivity contribution in [3.05, 3.63) is 47.0 Å². The molecule has 0 saturated heterocycles. The minimum absolute atomic E-state index is 0.0435. The Morgan fingerprint density at radius 3 is 2.88 bits per heavy atom. The number of aromatic nitrogens is 3. The van der Waals surface area contributed by atoms with E-state index in [1.165, 1.54) is 23.0 Å². The van der Waals surface area contributed by atoms with Crippen LogP contribution in [-0.2, 0) is 6.42 Å². The largest absolute Gasteiger partial charge is 0.271 e. The molecule has 0 radical (unpaired) electrons. The molecule has 0 bridgehead atoms. The molecule has 2 rings (SSSR count). The van der Waals surface area contributed by atoms with Gasteiger partial charge in [-0.25, -0.2) is 10.4 Å². The van der Waals surface area contributed by atoms with Gasteiger partial charge in [0.25, 0.3) is 0 Å². The van der Waals surface area contributed by atoms with Gasteiger partial charge in [0.05, 0.1) is 6.04 Å². The van der Waals surface area contributed by atoms with E-state index in [1.807, 2.05) is 0 Å². The second-order valence-corrected chi connectivity index (χ2v) is 4.22. The summed E-state index contributed by atoms with van der Waals surface area (Å²) in [7, 11) is 0. The predicted molar refractivity (Wildman–Crippen MR) is 66.1 cm³/mol. The molecular weight excluding hydrogens is 214 g/mol. The first-order chi connectivity index (χ1) is 8.20. The first kappa shape index (κ1) is 11.8. The Hall–Kier alpha value is -1.72. The second-order valence-electron chi connectivity index (χ2n) is 4.22. The predicted octanol–water partition coefficient (Wildman–Crippen LogP) is 1.17. The fourth-order valence-corrected chi connectivity index (χ4v) is 1.86. The molecule has 2 aromatic rings. The van der Waals surface area contributed by atoms with Gasteiger partial charge in [-0.05, 0) is 31.4 Å². The zero-order chi connectivity index (χ0) is 12.3. The van der Waals surface area contributed by atoms with Gasteiger partial charge in [-0.15, -0.1) is 0 Å². The van der Waals surface area contributed by atoms with Crippen LogP contribution in [0.1, 0.15) is 28.6 Å². The van der Waals surface area contributed by atoms with E-state index < -0.39 is 0 Å². The van der Waals surface area contributed by atoms with Crippen LogP contribution >= 0.6 is 0 Å². The lowest BCUT2D eigenvalue weighted by molar-refractivity contribution is 0.523. The SMILES string of the molecule is Cc1ccc(C)c(CC(NN)c2ncn[nH]2)c1. The van der Waals surface area contributed by atoms with Gasteiger partial charge >= 0.3 is 0 Å². The number of hydrazine groups is 1. The fraction of sp³-hybridized carbons (Fsp3) is 0.333. The molecule has 17 heavy (non-hydrogen) atoms. The van der Waals surface area contributed by atoms with Crippen molar-refractivity contribution in [2.24, 2.45) is 5.84 Å². The summed E-state index contributed by atoms with van der Waals surface area (Å²) in [4.78, 5) is 4.13. The van der Waals surface area contributed by atoms with Crippen molar-refractivity contribution in [3.63, 3.8) is 0 Å². The van der Waals surface area contributed by atoms with Crippen LogP contribution in [0.3, 0.4) is 0 Å². The molecule has 5 nitrogen and oxygen atoms in total. The average molecular weight is 231 g/mol. The number of hydrogen-bond acceptors (Lipinski definition) is 4. The van der Waals surface area contributed by atoms with Crippen LogP contribution in [0.4, 0.5) is 0 Å². The third kappa shape index (κ3) is 2.69. The van der Waals surface area contributed by atoms with Crippen LogP contribution in [0.25, 0.3) is 0 Å². The molecule has 1 atom stereocenters. The summed E-state index contributed by atoms with van der Waals surface area (Å²) in [6.07, 6.45) is 2.28. The quantitative estimate of drug-likeness (QED) is 0.545. The number of aryl methyl sites for hydroxylation is 2. The van der Waals surface area contributed by atoms with E-state index in [4.69, 9.17) is 5.84 Å². The number of aromatic amines is 1. The summed E-state index contributed by atoms with van der Waals surface area (Å²) in [6, 6.07) is 6.37. The van der Waals surface area contributed by atoms with E-state index in [-0.39, 0.29) is 6.04 Å². The molecule has 0 aliphatic rings. The highest BCUT2D eigenvalue weighted by Gasteiger charge is 2.14. The topological polar surface area (TPSA) is 79.6 Å². The minimum Gasteiger partial charge on any atom is -0.271 e. The Balaban J connectivity index is 2.21. The normalized spacial score (nSPS) is 12.6. The zero-order valence-electron chi connectivity index (χ0n) is 10.1. The van der Waals surface area contributed by atoms with Gasteiger partial charge in [-0.1, -0.05) is 23.8 Å². The molecule has 0 aliphatic heterocycles. The number of nitrogens with zero attached hydrogens (tertiary/aromatic N) is 2. The van der Waals surface area contributed by atoms with E-state index in [9.17, 15) is 0 Å². The van der Waals surface area contributed by atoms with E-state index in [1.54, 1.807) is 0 Å². The number of nitrogens with two attached hydrogens (primary N) is 1. The Bertz CT molecular complexity index is 478. The molecule has 1 aromatic heterocycles. The van der Waals surface area contributed by atoms with Crippen LogP contribution in [0.15, 0.2) is 24.5 Å². The molecule has 90 valence electrons. The highest BCUT2D eigenvalue weighted by molar-refractivity contribution is 5.31. The lowest BCUT2D eigenvalue weighted by Crippen LogP contribution is -2.30. The van der Waals surface area contributed by atoms with Gasteiger partial charge in [-0.3, -0.25) is 10.9 Å². The van der Waals surface area contributed by atoms with Crippen molar-refractivity contribution < 1.29 is 0 Å². The third-order valence-electron chi connectivity index (χ3n) is 2.89. The lowest BCUT2D eigenvalue weighted by atomic mass is 9.99. The summed E-state index contributed by atoms with van der Waals surface area (Å²) in [6.45, 7) is 4.19. The van der Waals surface area contributed by atoms with Gasteiger partial charge < -0.3 is 0 Å². The van der Waals surface area contributed by atoms with E-state index >= 15 is 0 Å².